The van der Waals surface area contributed by atoms with E-state index in [9.17, 15) is 0 Å². The van der Waals surface area contributed by atoms with Gasteiger partial charge in [0.25, 0.3) is 0 Å². The zero-order chi connectivity index (χ0) is 11.8. The summed E-state index contributed by atoms with van der Waals surface area (Å²) in [6.07, 6.45) is 2.70. The third-order valence-corrected chi connectivity index (χ3v) is 4.54. The van der Waals surface area contributed by atoms with Crippen molar-refractivity contribution in [1.29, 1.82) is 0 Å². The Hall–Kier alpha value is -0.820. The Balaban J connectivity index is 2.36. The molecule has 0 saturated heterocycles. The van der Waals surface area contributed by atoms with E-state index in [-0.39, 0.29) is 0 Å². The topological polar surface area (TPSA) is 12.0 Å². The van der Waals surface area contributed by atoms with Crippen LogP contribution in [-0.4, -0.2) is 13.6 Å². The van der Waals surface area contributed by atoms with Crippen LogP contribution in [0.5, 0.6) is 0 Å². The van der Waals surface area contributed by atoms with Crippen molar-refractivity contribution in [1.82, 2.24) is 5.32 Å². The molecule has 1 fully saturated rings. The Morgan fingerprint density at radius 3 is 2.50 bits per heavy atom. The van der Waals surface area contributed by atoms with Gasteiger partial charge >= 0.3 is 0 Å². The Kier molecular flexibility index (Phi) is 3.07. The smallest absolute Gasteiger partial charge is 0.0103 e. The number of nitrogens with one attached hydrogen (secondary N) is 1. The van der Waals surface area contributed by atoms with E-state index in [0.29, 0.717) is 5.41 Å². The SMILES string of the molecule is CNCC1(c2ccc(C)c(C)c2)CCC1C. The van der Waals surface area contributed by atoms with E-state index in [1.807, 2.05) is 0 Å². The van der Waals surface area contributed by atoms with Crippen molar-refractivity contribution >= 4 is 0 Å². The van der Waals surface area contributed by atoms with Gasteiger partial charge in [-0.2, -0.15) is 0 Å². The predicted molar refractivity (Wildman–Crippen MR) is 69.9 cm³/mol. The van der Waals surface area contributed by atoms with Crippen molar-refractivity contribution in [3.05, 3.63) is 34.9 Å². The van der Waals surface area contributed by atoms with Crippen LogP contribution in [0.1, 0.15) is 36.5 Å². The molecule has 88 valence electrons. The first-order chi connectivity index (χ1) is 7.60. The second-order valence-electron chi connectivity index (χ2n) is 5.43. The molecule has 1 aliphatic carbocycles. The zero-order valence-electron chi connectivity index (χ0n) is 10.9. The molecule has 1 heteroatoms. The predicted octanol–water partition coefficient (Wildman–Crippen LogP) is 3.19. The highest BCUT2D eigenvalue weighted by Gasteiger charge is 2.44. The minimum atomic E-state index is 0.396. The Morgan fingerprint density at radius 1 is 1.31 bits per heavy atom. The molecule has 1 nitrogen and oxygen atoms in total. The van der Waals surface area contributed by atoms with E-state index in [1.165, 1.54) is 29.5 Å². The first-order valence-electron chi connectivity index (χ1n) is 6.32. The van der Waals surface area contributed by atoms with Crippen molar-refractivity contribution in [3.63, 3.8) is 0 Å². The highest BCUT2D eigenvalue weighted by molar-refractivity contribution is 5.37. The fraction of sp³-hybridized carbons (Fsp3) is 0.600. The molecule has 0 amide bonds. The molecular formula is C15H23N. The number of hydrogen-bond acceptors (Lipinski definition) is 1. The summed E-state index contributed by atoms with van der Waals surface area (Å²) in [4.78, 5) is 0. The molecule has 1 saturated carbocycles. The van der Waals surface area contributed by atoms with Gasteiger partial charge in [0.2, 0.25) is 0 Å². The molecule has 0 spiro atoms. The largest absolute Gasteiger partial charge is 0.319 e. The fourth-order valence-corrected chi connectivity index (χ4v) is 2.94. The summed E-state index contributed by atoms with van der Waals surface area (Å²) in [6, 6.07) is 6.99. The number of likely N-dealkylation sites (N-methyl/N-ethyl adjacent to an activating group) is 1. The van der Waals surface area contributed by atoms with Gasteiger partial charge in [-0.3, -0.25) is 0 Å². The van der Waals surface area contributed by atoms with Crippen LogP contribution >= 0.6 is 0 Å². The maximum absolute atomic E-state index is 3.37. The Labute approximate surface area is 99.3 Å². The third-order valence-electron chi connectivity index (χ3n) is 4.54. The van der Waals surface area contributed by atoms with Crippen LogP contribution in [0.25, 0.3) is 0 Å². The number of benzene rings is 1. The lowest BCUT2D eigenvalue weighted by Crippen LogP contribution is -2.49. The molecule has 0 radical (unpaired) electrons. The van der Waals surface area contributed by atoms with E-state index in [2.05, 4.69) is 51.3 Å². The molecule has 2 rings (SSSR count). The standard InChI is InChI=1S/C15H23N/c1-11-5-6-14(9-12(11)2)15(10-16-4)8-7-13(15)3/h5-6,9,13,16H,7-8,10H2,1-4H3. The lowest BCUT2D eigenvalue weighted by molar-refractivity contribution is 0.137. The number of rotatable bonds is 3. The van der Waals surface area contributed by atoms with Crippen molar-refractivity contribution in [2.45, 2.75) is 39.0 Å². The molecule has 2 unspecified atom stereocenters. The van der Waals surface area contributed by atoms with Gasteiger partial charge < -0.3 is 5.32 Å². The molecule has 0 heterocycles. The average molecular weight is 217 g/mol. The number of aryl methyl sites for hydroxylation is 2. The minimum Gasteiger partial charge on any atom is -0.319 e. The monoisotopic (exact) mass is 217 g/mol. The van der Waals surface area contributed by atoms with Crippen LogP contribution in [0.2, 0.25) is 0 Å². The molecule has 1 N–H and O–H groups in total. The molecule has 1 aliphatic rings. The van der Waals surface area contributed by atoms with Crippen LogP contribution in [0.15, 0.2) is 18.2 Å². The van der Waals surface area contributed by atoms with Crippen molar-refractivity contribution in [2.24, 2.45) is 5.92 Å². The summed E-state index contributed by atoms with van der Waals surface area (Å²) in [7, 11) is 2.06. The van der Waals surface area contributed by atoms with Gasteiger partial charge in [-0.15, -0.1) is 0 Å². The van der Waals surface area contributed by atoms with Gasteiger partial charge in [0.05, 0.1) is 0 Å². The quantitative estimate of drug-likeness (QED) is 0.820. The normalized spacial score (nSPS) is 28.9. The summed E-state index contributed by atoms with van der Waals surface area (Å²) < 4.78 is 0. The molecule has 1 aromatic carbocycles. The van der Waals surface area contributed by atoms with Crippen LogP contribution in [0.3, 0.4) is 0 Å². The van der Waals surface area contributed by atoms with Crippen molar-refractivity contribution < 1.29 is 0 Å². The lowest BCUT2D eigenvalue weighted by Gasteiger charge is -2.49. The molecule has 0 aromatic heterocycles. The van der Waals surface area contributed by atoms with E-state index in [4.69, 9.17) is 0 Å². The Morgan fingerprint density at radius 2 is 2.06 bits per heavy atom. The maximum atomic E-state index is 3.37. The fourth-order valence-electron chi connectivity index (χ4n) is 2.94. The molecule has 0 bridgehead atoms. The molecular weight excluding hydrogens is 194 g/mol. The van der Waals surface area contributed by atoms with Crippen molar-refractivity contribution in [2.75, 3.05) is 13.6 Å². The molecule has 16 heavy (non-hydrogen) atoms. The second-order valence-corrected chi connectivity index (χ2v) is 5.43. The second kappa shape index (κ2) is 4.21. The van der Waals surface area contributed by atoms with Gasteiger partial charge in [0, 0.05) is 12.0 Å². The summed E-state index contributed by atoms with van der Waals surface area (Å²) >= 11 is 0. The van der Waals surface area contributed by atoms with Crippen LogP contribution in [0, 0.1) is 19.8 Å². The van der Waals surface area contributed by atoms with Gasteiger partial charge in [-0.25, -0.2) is 0 Å². The van der Waals surface area contributed by atoms with Crippen LogP contribution in [0.4, 0.5) is 0 Å². The summed E-state index contributed by atoms with van der Waals surface area (Å²) in [6.45, 7) is 7.90. The maximum Gasteiger partial charge on any atom is 0.0103 e. The van der Waals surface area contributed by atoms with E-state index < -0.39 is 0 Å². The third kappa shape index (κ3) is 1.67. The average Bonchev–Trinajstić information content (AvgIpc) is 2.27. The summed E-state index contributed by atoms with van der Waals surface area (Å²) in [5.41, 5.74) is 4.75. The zero-order valence-corrected chi connectivity index (χ0v) is 10.9. The minimum absolute atomic E-state index is 0.396. The van der Waals surface area contributed by atoms with Crippen LogP contribution < -0.4 is 5.32 Å². The molecule has 2 atom stereocenters. The molecule has 0 aliphatic heterocycles. The van der Waals surface area contributed by atoms with Crippen LogP contribution in [-0.2, 0) is 5.41 Å². The van der Waals surface area contributed by atoms with Gasteiger partial charge in [0.1, 0.15) is 0 Å². The highest BCUT2D eigenvalue weighted by Crippen LogP contribution is 2.48. The van der Waals surface area contributed by atoms with Gasteiger partial charge in [-0.05, 0) is 56.3 Å². The van der Waals surface area contributed by atoms with Gasteiger partial charge in [-0.1, -0.05) is 25.1 Å². The highest BCUT2D eigenvalue weighted by atomic mass is 14.8. The van der Waals surface area contributed by atoms with Crippen molar-refractivity contribution in [3.8, 4) is 0 Å². The molecule has 1 aromatic rings. The summed E-state index contributed by atoms with van der Waals surface area (Å²) in [5.74, 6) is 0.807. The van der Waals surface area contributed by atoms with Gasteiger partial charge in [0.15, 0.2) is 0 Å². The Bertz CT molecular complexity index is 383. The summed E-state index contributed by atoms with van der Waals surface area (Å²) in [5, 5.41) is 3.37. The number of hydrogen-bond donors (Lipinski definition) is 1. The van der Waals surface area contributed by atoms with E-state index in [0.717, 1.165) is 12.5 Å². The van der Waals surface area contributed by atoms with E-state index in [1.54, 1.807) is 0 Å². The first kappa shape index (κ1) is 11.7. The first-order valence-corrected chi connectivity index (χ1v) is 6.32. The lowest BCUT2D eigenvalue weighted by atomic mass is 9.57. The van der Waals surface area contributed by atoms with E-state index >= 15 is 0 Å².